The molecule has 0 fully saturated rings. The van der Waals surface area contributed by atoms with Gasteiger partial charge in [0.15, 0.2) is 0 Å². The predicted molar refractivity (Wildman–Crippen MR) is 92.4 cm³/mol. The van der Waals surface area contributed by atoms with Gasteiger partial charge in [0.05, 0.1) is 17.2 Å². The van der Waals surface area contributed by atoms with E-state index in [4.69, 9.17) is 11.6 Å². The first-order valence-electron chi connectivity index (χ1n) is 7.41. The molecule has 0 aliphatic heterocycles. The summed E-state index contributed by atoms with van der Waals surface area (Å²) in [6.45, 7) is 2.06. The third-order valence-corrected chi connectivity index (χ3v) is 3.89. The van der Waals surface area contributed by atoms with Gasteiger partial charge in [-0.2, -0.15) is 10.2 Å². The van der Waals surface area contributed by atoms with Gasteiger partial charge in [0.1, 0.15) is 5.75 Å². The van der Waals surface area contributed by atoms with E-state index in [1.165, 1.54) is 0 Å². The summed E-state index contributed by atoms with van der Waals surface area (Å²) in [5.74, 6) is 0.248. The van der Waals surface area contributed by atoms with Gasteiger partial charge in [-0.05, 0) is 48.4 Å². The van der Waals surface area contributed by atoms with Crippen LogP contribution in [0, 0.1) is 0 Å². The van der Waals surface area contributed by atoms with E-state index in [0.717, 1.165) is 28.6 Å². The molecule has 1 unspecified atom stereocenters. The van der Waals surface area contributed by atoms with Crippen molar-refractivity contribution in [3.8, 4) is 5.75 Å². The van der Waals surface area contributed by atoms with Crippen molar-refractivity contribution in [2.45, 2.75) is 19.4 Å². The van der Waals surface area contributed by atoms with Gasteiger partial charge in [-0.25, -0.2) is 0 Å². The number of phenols is 1. The Hall–Kier alpha value is -2.46. The van der Waals surface area contributed by atoms with Crippen LogP contribution in [0.25, 0.3) is 10.9 Å². The smallest absolute Gasteiger partial charge is 0.115 e. The standard InChI is InChI=1S/C18H16ClN3O/c1-2-16(12-3-6-14(23)7-4-12)21-22-17-9-10-20-18-11-13(19)5-8-15(17)18/h3-11,16,23H,2H2,1H3. The van der Waals surface area contributed by atoms with Gasteiger partial charge in [0, 0.05) is 16.6 Å². The molecule has 116 valence electrons. The maximum Gasteiger partial charge on any atom is 0.115 e. The average Bonchev–Trinajstić information content (AvgIpc) is 2.56. The molecular formula is C18H16ClN3O. The largest absolute Gasteiger partial charge is 0.508 e. The van der Waals surface area contributed by atoms with Crippen molar-refractivity contribution < 1.29 is 5.11 Å². The lowest BCUT2D eigenvalue weighted by molar-refractivity contribution is 0.474. The van der Waals surface area contributed by atoms with Crippen LogP contribution in [0.3, 0.4) is 0 Å². The average molecular weight is 326 g/mol. The monoisotopic (exact) mass is 325 g/mol. The van der Waals surface area contributed by atoms with E-state index in [0.29, 0.717) is 5.02 Å². The molecule has 4 nitrogen and oxygen atoms in total. The van der Waals surface area contributed by atoms with Gasteiger partial charge >= 0.3 is 0 Å². The number of fused-ring (bicyclic) bond motifs is 1. The highest BCUT2D eigenvalue weighted by Gasteiger charge is 2.08. The normalized spacial score (nSPS) is 12.8. The van der Waals surface area contributed by atoms with Crippen LogP contribution in [-0.4, -0.2) is 10.1 Å². The van der Waals surface area contributed by atoms with Crippen LogP contribution in [-0.2, 0) is 0 Å². The number of nitrogens with zero attached hydrogens (tertiary/aromatic N) is 3. The van der Waals surface area contributed by atoms with Gasteiger partial charge < -0.3 is 5.11 Å². The summed E-state index contributed by atoms with van der Waals surface area (Å²) in [6, 6.07) is 14.4. The fraction of sp³-hybridized carbons (Fsp3) is 0.167. The maximum atomic E-state index is 9.39. The number of hydrogen-bond acceptors (Lipinski definition) is 4. The van der Waals surface area contributed by atoms with Crippen LogP contribution in [0.1, 0.15) is 24.9 Å². The molecule has 1 atom stereocenters. The van der Waals surface area contributed by atoms with E-state index in [2.05, 4.69) is 22.1 Å². The van der Waals surface area contributed by atoms with Crippen LogP contribution in [0.5, 0.6) is 5.75 Å². The number of azo groups is 1. The summed E-state index contributed by atoms with van der Waals surface area (Å²) in [5, 5.41) is 19.8. The molecule has 0 bridgehead atoms. The molecule has 0 aliphatic carbocycles. The maximum absolute atomic E-state index is 9.39. The molecule has 0 saturated heterocycles. The third-order valence-electron chi connectivity index (χ3n) is 3.65. The topological polar surface area (TPSA) is 57.8 Å². The predicted octanol–water partition coefficient (Wildman–Crippen LogP) is 5.83. The molecular weight excluding hydrogens is 310 g/mol. The van der Waals surface area contributed by atoms with Crippen LogP contribution in [0.2, 0.25) is 5.02 Å². The van der Waals surface area contributed by atoms with Crippen molar-refractivity contribution in [1.82, 2.24) is 4.98 Å². The van der Waals surface area contributed by atoms with Crippen LogP contribution in [0.4, 0.5) is 5.69 Å². The Balaban J connectivity index is 1.93. The number of aromatic nitrogens is 1. The van der Waals surface area contributed by atoms with Crippen molar-refractivity contribution in [1.29, 1.82) is 0 Å². The lowest BCUT2D eigenvalue weighted by atomic mass is 10.1. The second kappa shape index (κ2) is 6.75. The number of hydrogen-bond donors (Lipinski definition) is 1. The highest BCUT2D eigenvalue weighted by atomic mass is 35.5. The number of phenolic OH excluding ortho intramolecular Hbond substituents is 1. The summed E-state index contributed by atoms with van der Waals surface area (Å²) < 4.78 is 0. The van der Waals surface area contributed by atoms with E-state index in [1.54, 1.807) is 18.3 Å². The Bertz CT molecular complexity index is 847. The van der Waals surface area contributed by atoms with E-state index in [9.17, 15) is 5.11 Å². The Labute approximate surface area is 139 Å². The van der Waals surface area contributed by atoms with Gasteiger partial charge in [-0.3, -0.25) is 4.98 Å². The minimum absolute atomic E-state index is 0.0499. The molecule has 5 heteroatoms. The summed E-state index contributed by atoms with van der Waals surface area (Å²) in [4.78, 5) is 4.30. The first kappa shape index (κ1) is 15.4. The molecule has 3 rings (SSSR count). The molecule has 3 aromatic rings. The molecule has 23 heavy (non-hydrogen) atoms. The Morgan fingerprint density at radius 3 is 2.65 bits per heavy atom. The number of pyridine rings is 1. The van der Waals surface area contributed by atoms with Crippen LogP contribution in [0.15, 0.2) is 65.0 Å². The van der Waals surface area contributed by atoms with E-state index >= 15 is 0 Å². The van der Waals surface area contributed by atoms with Crippen molar-refractivity contribution in [3.05, 3.63) is 65.3 Å². The van der Waals surface area contributed by atoms with E-state index < -0.39 is 0 Å². The highest BCUT2D eigenvalue weighted by Crippen LogP contribution is 2.29. The SMILES string of the molecule is CCC(N=Nc1ccnc2cc(Cl)ccc12)c1ccc(O)cc1. The Morgan fingerprint density at radius 1 is 1.13 bits per heavy atom. The number of rotatable bonds is 4. The lowest BCUT2D eigenvalue weighted by Gasteiger charge is -2.09. The van der Waals surface area contributed by atoms with Gasteiger partial charge in [0.25, 0.3) is 0 Å². The second-order valence-corrected chi connectivity index (χ2v) is 5.66. The lowest BCUT2D eigenvalue weighted by Crippen LogP contribution is -1.92. The zero-order chi connectivity index (χ0) is 16.2. The molecule has 2 aromatic carbocycles. The second-order valence-electron chi connectivity index (χ2n) is 5.22. The molecule has 0 amide bonds. The summed E-state index contributed by atoms with van der Waals surface area (Å²) in [5.41, 5.74) is 2.59. The van der Waals surface area contributed by atoms with Gasteiger partial charge in [0.2, 0.25) is 0 Å². The van der Waals surface area contributed by atoms with Crippen LogP contribution >= 0.6 is 11.6 Å². The molecule has 1 N–H and O–H groups in total. The Morgan fingerprint density at radius 2 is 1.91 bits per heavy atom. The zero-order valence-electron chi connectivity index (χ0n) is 12.6. The number of aromatic hydroxyl groups is 1. The minimum atomic E-state index is -0.0499. The first-order chi connectivity index (χ1) is 11.2. The fourth-order valence-corrected chi connectivity index (χ4v) is 2.57. The Kier molecular flexibility index (Phi) is 4.53. The van der Waals surface area contributed by atoms with Crippen molar-refractivity contribution in [2.24, 2.45) is 10.2 Å². The summed E-state index contributed by atoms with van der Waals surface area (Å²) >= 11 is 6.00. The molecule has 1 heterocycles. The summed E-state index contributed by atoms with van der Waals surface area (Å²) in [7, 11) is 0. The first-order valence-corrected chi connectivity index (χ1v) is 7.79. The quantitative estimate of drug-likeness (QED) is 0.613. The highest BCUT2D eigenvalue weighted by molar-refractivity contribution is 6.31. The minimum Gasteiger partial charge on any atom is -0.508 e. The molecule has 0 saturated carbocycles. The number of benzene rings is 2. The van der Waals surface area contributed by atoms with Gasteiger partial charge in [-0.15, -0.1) is 0 Å². The van der Waals surface area contributed by atoms with Crippen LogP contribution < -0.4 is 0 Å². The number of halogens is 1. The van der Waals surface area contributed by atoms with Crippen molar-refractivity contribution in [2.75, 3.05) is 0 Å². The molecule has 0 spiro atoms. The zero-order valence-corrected chi connectivity index (χ0v) is 13.4. The van der Waals surface area contributed by atoms with E-state index in [1.807, 2.05) is 36.4 Å². The molecule has 0 aliphatic rings. The summed E-state index contributed by atoms with van der Waals surface area (Å²) in [6.07, 6.45) is 2.53. The van der Waals surface area contributed by atoms with Gasteiger partial charge in [-0.1, -0.05) is 30.7 Å². The molecule has 0 radical (unpaired) electrons. The fourth-order valence-electron chi connectivity index (χ4n) is 2.41. The van der Waals surface area contributed by atoms with Crippen molar-refractivity contribution >= 4 is 28.2 Å². The van der Waals surface area contributed by atoms with Crippen molar-refractivity contribution in [3.63, 3.8) is 0 Å². The van der Waals surface area contributed by atoms with E-state index in [-0.39, 0.29) is 11.8 Å². The third kappa shape index (κ3) is 3.48. The molecule has 1 aromatic heterocycles.